The highest BCUT2D eigenvalue weighted by Gasteiger charge is 1.93. The molecule has 10 heavy (non-hydrogen) atoms. The lowest BCUT2D eigenvalue weighted by Gasteiger charge is -1.81. The van der Waals surface area contributed by atoms with Gasteiger partial charge in [0.1, 0.15) is 0 Å². The number of rotatable bonds is 0. The van der Waals surface area contributed by atoms with Gasteiger partial charge in [0.15, 0.2) is 0 Å². The van der Waals surface area contributed by atoms with E-state index in [9.17, 15) is 4.79 Å². The Hall–Kier alpha value is -0.400. The monoisotopic (exact) mass is 173 g/mol. The molecule has 0 amide bonds. The van der Waals surface area contributed by atoms with Crippen molar-refractivity contribution in [1.82, 2.24) is 4.57 Å². The van der Waals surface area contributed by atoms with Gasteiger partial charge in [0.2, 0.25) is 0 Å². The molecule has 1 aromatic heterocycles. The average Bonchev–Trinajstić information content (AvgIpc) is 2.17. The van der Waals surface area contributed by atoms with E-state index in [-0.39, 0.29) is 4.87 Å². The van der Waals surface area contributed by atoms with Crippen molar-refractivity contribution in [3.8, 4) is 0 Å². The van der Waals surface area contributed by atoms with Crippen molar-refractivity contribution < 1.29 is 0 Å². The SMILES string of the molecule is C=c1/c(=C/P)sc(=O)n1C. The van der Waals surface area contributed by atoms with Gasteiger partial charge in [-0.3, -0.25) is 4.79 Å². The van der Waals surface area contributed by atoms with Gasteiger partial charge >= 0.3 is 4.87 Å². The summed E-state index contributed by atoms with van der Waals surface area (Å²) in [6.07, 6.45) is 0. The van der Waals surface area contributed by atoms with E-state index < -0.39 is 0 Å². The van der Waals surface area contributed by atoms with Crippen molar-refractivity contribution in [2.24, 2.45) is 7.05 Å². The van der Waals surface area contributed by atoms with Crippen LogP contribution in [-0.2, 0) is 7.05 Å². The highest BCUT2D eigenvalue weighted by molar-refractivity contribution is 7.28. The van der Waals surface area contributed by atoms with Crippen LogP contribution in [0.5, 0.6) is 0 Å². The fraction of sp³-hybridized carbons (Fsp3) is 0.167. The summed E-state index contributed by atoms with van der Waals surface area (Å²) in [5.41, 5.74) is 0. The zero-order valence-corrected chi connectivity index (χ0v) is 7.60. The van der Waals surface area contributed by atoms with Crippen molar-refractivity contribution in [1.29, 1.82) is 0 Å². The third kappa shape index (κ3) is 1.07. The Morgan fingerprint density at radius 3 is 2.60 bits per heavy atom. The van der Waals surface area contributed by atoms with Crippen LogP contribution in [0.4, 0.5) is 0 Å². The molecule has 54 valence electrons. The third-order valence-electron chi connectivity index (χ3n) is 1.31. The molecule has 0 saturated heterocycles. The molecule has 1 rings (SSSR count). The molecule has 0 N–H and O–H groups in total. The fourth-order valence-corrected chi connectivity index (χ4v) is 1.78. The lowest BCUT2D eigenvalue weighted by molar-refractivity contribution is 0.861. The van der Waals surface area contributed by atoms with Crippen molar-refractivity contribution in [3.05, 3.63) is 19.5 Å². The summed E-state index contributed by atoms with van der Waals surface area (Å²) in [4.78, 5) is 11.0. The molecule has 1 aromatic rings. The van der Waals surface area contributed by atoms with Crippen LogP contribution >= 0.6 is 20.6 Å². The maximum absolute atomic E-state index is 10.9. The first-order valence-electron chi connectivity index (χ1n) is 2.73. The summed E-state index contributed by atoms with van der Waals surface area (Å²) in [6.45, 7) is 3.74. The molecule has 0 fully saturated rings. The fourth-order valence-electron chi connectivity index (χ4n) is 0.627. The largest absolute Gasteiger partial charge is 0.307 e. The van der Waals surface area contributed by atoms with Crippen LogP contribution in [-0.4, -0.2) is 4.57 Å². The predicted octanol–water partition coefficient (Wildman–Crippen LogP) is -0.530. The standard InChI is InChI=1S/C6H8NOPS/c1-4-5(3-9)10-6(8)7(4)2/h3H,1,9H2,2H3/b5-3-. The summed E-state index contributed by atoms with van der Waals surface area (Å²) < 4.78 is 2.47. The van der Waals surface area contributed by atoms with Gasteiger partial charge in [0.05, 0.1) is 9.88 Å². The number of thiazole rings is 1. The Morgan fingerprint density at radius 1 is 1.80 bits per heavy atom. The number of nitrogens with zero attached hydrogens (tertiary/aromatic N) is 1. The van der Waals surface area contributed by atoms with Gasteiger partial charge in [-0.15, -0.1) is 9.24 Å². The first-order valence-corrected chi connectivity index (χ1v) is 4.22. The van der Waals surface area contributed by atoms with Gasteiger partial charge in [-0.25, -0.2) is 0 Å². The molecule has 0 aliphatic rings. The Labute approximate surface area is 64.7 Å². The van der Waals surface area contributed by atoms with Crippen LogP contribution in [0.1, 0.15) is 0 Å². The van der Waals surface area contributed by atoms with Crippen molar-refractivity contribution in [2.75, 3.05) is 0 Å². The van der Waals surface area contributed by atoms with Crippen LogP contribution in [0.2, 0.25) is 0 Å². The van der Waals surface area contributed by atoms with E-state index >= 15 is 0 Å². The van der Waals surface area contributed by atoms with E-state index in [4.69, 9.17) is 0 Å². The molecular weight excluding hydrogens is 165 g/mol. The highest BCUT2D eigenvalue weighted by atomic mass is 32.1. The molecule has 0 bridgehead atoms. The minimum atomic E-state index is 0.0405. The second-order valence-corrected chi connectivity index (χ2v) is 3.23. The molecule has 0 spiro atoms. The smallest absolute Gasteiger partial charge is 0.302 e. The molecule has 4 heteroatoms. The number of hydrogen-bond donors (Lipinski definition) is 0. The number of aromatic nitrogens is 1. The van der Waals surface area contributed by atoms with Gasteiger partial charge in [0, 0.05) is 7.05 Å². The molecule has 1 atom stereocenters. The summed E-state index contributed by atoms with van der Waals surface area (Å²) >= 11 is 1.21. The maximum Gasteiger partial charge on any atom is 0.307 e. The first-order chi connectivity index (χ1) is 4.66. The highest BCUT2D eigenvalue weighted by Crippen LogP contribution is 1.78. The zero-order valence-electron chi connectivity index (χ0n) is 5.63. The van der Waals surface area contributed by atoms with E-state index in [1.165, 1.54) is 11.3 Å². The van der Waals surface area contributed by atoms with E-state index in [0.29, 0.717) is 0 Å². The summed E-state index contributed by atoms with van der Waals surface area (Å²) in [5.74, 6) is 1.81. The zero-order chi connectivity index (χ0) is 7.72. The molecule has 2 nitrogen and oxygen atoms in total. The minimum Gasteiger partial charge on any atom is -0.302 e. The summed E-state index contributed by atoms with van der Waals surface area (Å²) in [5, 5.41) is 0.782. The lowest BCUT2D eigenvalue weighted by Crippen LogP contribution is -2.27. The molecule has 0 aliphatic heterocycles. The van der Waals surface area contributed by atoms with Gasteiger partial charge in [0.25, 0.3) is 0 Å². The van der Waals surface area contributed by atoms with Crippen LogP contribution in [0.25, 0.3) is 12.4 Å². The second-order valence-electron chi connectivity index (χ2n) is 1.90. The lowest BCUT2D eigenvalue weighted by atomic mass is 10.6. The molecule has 0 aromatic carbocycles. The molecule has 1 heterocycles. The quantitative estimate of drug-likeness (QED) is 0.483. The van der Waals surface area contributed by atoms with Gasteiger partial charge in [-0.2, -0.15) is 0 Å². The Balaban J connectivity index is 3.81. The topological polar surface area (TPSA) is 22.0 Å². The van der Waals surface area contributed by atoms with Gasteiger partial charge < -0.3 is 4.57 Å². The van der Waals surface area contributed by atoms with E-state index in [1.807, 2.05) is 5.82 Å². The molecule has 0 aliphatic carbocycles. The Kier molecular flexibility index (Phi) is 2.07. The Bertz CT molecular complexity index is 389. The number of hydrogen-bond acceptors (Lipinski definition) is 2. The molecular formula is C6H8NOPS. The normalized spacial score (nSPS) is 12.4. The van der Waals surface area contributed by atoms with E-state index in [1.54, 1.807) is 11.6 Å². The van der Waals surface area contributed by atoms with Gasteiger partial charge in [-0.05, 0) is 5.82 Å². The average molecular weight is 173 g/mol. The van der Waals surface area contributed by atoms with E-state index in [2.05, 4.69) is 15.8 Å². The first kappa shape index (κ1) is 7.70. The van der Waals surface area contributed by atoms with Crippen molar-refractivity contribution in [3.63, 3.8) is 0 Å². The Morgan fingerprint density at radius 2 is 2.40 bits per heavy atom. The third-order valence-corrected chi connectivity index (χ3v) is 2.93. The summed E-state index contributed by atoms with van der Waals surface area (Å²) in [7, 11) is 4.18. The molecule has 0 saturated carbocycles. The minimum absolute atomic E-state index is 0.0405. The maximum atomic E-state index is 10.9. The summed E-state index contributed by atoms with van der Waals surface area (Å²) in [6, 6.07) is 0. The van der Waals surface area contributed by atoms with Crippen LogP contribution < -0.4 is 14.8 Å². The van der Waals surface area contributed by atoms with Crippen molar-refractivity contribution in [2.45, 2.75) is 0 Å². The van der Waals surface area contributed by atoms with Crippen LogP contribution in [0, 0.1) is 0 Å². The van der Waals surface area contributed by atoms with Crippen LogP contribution in [0.3, 0.4) is 0 Å². The van der Waals surface area contributed by atoms with Crippen LogP contribution in [0.15, 0.2) is 4.79 Å². The second kappa shape index (κ2) is 2.69. The van der Waals surface area contributed by atoms with Crippen molar-refractivity contribution >= 4 is 33.0 Å². The molecule has 0 radical (unpaired) electrons. The molecule has 1 unspecified atom stereocenters. The van der Waals surface area contributed by atoms with E-state index in [0.717, 1.165) is 9.88 Å². The van der Waals surface area contributed by atoms with Gasteiger partial charge in [-0.1, -0.05) is 17.9 Å². The predicted molar refractivity (Wildman–Crippen MR) is 48.5 cm³/mol.